The fraction of sp³-hybridized carbons (Fsp3) is 0.667. The van der Waals surface area contributed by atoms with Crippen LogP contribution in [0.25, 0.3) is 0 Å². The zero-order valence-corrected chi connectivity index (χ0v) is 9.82. The molecule has 0 radical (unpaired) electrons. The lowest BCUT2D eigenvalue weighted by Gasteiger charge is -2.22. The van der Waals surface area contributed by atoms with Crippen LogP contribution in [0.15, 0.2) is 11.6 Å². The molecule has 0 atom stereocenters. The predicted octanol–water partition coefficient (Wildman–Crippen LogP) is 1.84. The van der Waals surface area contributed by atoms with E-state index in [1.54, 1.807) is 0 Å². The highest BCUT2D eigenvalue weighted by molar-refractivity contribution is 5.96. The molecule has 0 aromatic rings. The highest BCUT2D eigenvalue weighted by atomic mass is 16.5. The molecule has 1 fully saturated rings. The van der Waals surface area contributed by atoms with E-state index in [4.69, 9.17) is 4.74 Å². The fourth-order valence-electron chi connectivity index (χ4n) is 2.06. The van der Waals surface area contributed by atoms with Crippen LogP contribution in [0, 0.1) is 5.92 Å². The first-order valence-electron chi connectivity index (χ1n) is 5.57. The number of rotatable bonds is 3. The number of hydrogen-bond donors (Lipinski definition) is 0. The second-order valence-electron chi connectivity index (χ2n) is 3.95. The molecule has 0 aromatic carbocycles. The highest BCUT2D eigenvalue weighted by Gasteiger charge is 2.24. The Bertz CT molecular complexity index is 287. The van der Waals surface area contributed by atoms with Gasteiger partial charge in [-0.1, -0.05) is 19.3 Å². The number of carbonyl (C=O) groups excluding carboxylic acids is 2. The Hall–Kier alpha value is -1.32. The predicted molar refractivity (Wildman–Crippen MR) is 58.7 cm³/mol. The Kier molecular flexibility index (Phi) is 5.02. The molecule has 0 bridgehead atoms. The van der Waals surface area contributed by atoms with E-state index in [0.29, 0.717) is 5.57 Å². The summed E-state index contributed by atoms with van der Waals surface area (Å²) in [7, 11) is 2.63. The van der Waals surface area contributed by atoms with Gasteiger partial charge in [0.15, 0.2) is 0 Å². The number of ether oxygens (including phenoxy) is 2. The van der Waals surface area contributed by atoms with Gasteiger partial charge < -0.3 is 9.47 Å². The van der Waals surface area contributed by atoms with E-state index in [0.717, 1.165) is 25.7 Å². The molecule has 0 unspecified atom stereocenters. The van der Waals surface area contributed by atoms with Crippen molar-refractivity contribution in [3.05, 3.63) is 11.6 Å². The average Bonchev–Trinajstić information content (AvgIpc) is 2.35. The molecule has 90 valence electrons. The van der Waals surface area contributed by atoms with Gasteiger partial charge in [-0.3, -0.25) is 0 Å². The van der Waals surface area contributed by atoms with E-state index in [9.17, 15) is 9.59 Å². The lowest BCUT2D eigenvalue weighted by Crippen LogP contribution is -2.19. The molecular weight excluding hydrogens is 208 g/mol. The largest absolute Gasteiger partial charge is 0.466 e. The molecule has 16 heavy (non-hydrogen) atoms. The maximum Gasteiger partial charge on any atom is 0.334 e. The summed E-state index contributed by atoms with van der Waals surface area (Å²) in [6, 6.07) is 0. The summed E-state index contributed by atoms with van der Waals surface area (Å²) in [4.78, 5) is 22.7. The molecule has 4 heteroatoms. The van der Waals surface area contributed by atoms with Crippen molar-refractivity contribution in [1.29, 1.82) is 0 Å². The average molecular weight is 226 g/mol. The number of esters is 2. The maximum atomic E-state index is 11.6. The lowest BCUT2D eigenvalue weighted by molar-refractivity contribution is -0.139. The van der Waals surface area contributed by atoms with Gasteiger partial charge in [0.2, 0.25) is 0 Å². The third-order valence-electron chi connectivity index (χ3n) is 2.94. The van der Waals surface area contributed by atoms with Gasteiger partial charge in [-0.15, -0.1) is 0 Å². The first-order chi connectivity index (χ1) is 7.69. The van der Waals surface area contributed by atoms with E-state index in [-0.39, 0.29) is 5.92 Å². The van der Waals surface area contributed by atoms with Crippen LogP contribution in [-0.4, -0.2) is 26.2 Å². The van der Waals surface area contributed by atoms with Crippen molar-refractivity contribution in [3.63, 3.8) is 0 Å². The van der Waals surface area contributed by atoms with E-state index >= 15 is 0 Å². The first kappa shape index (κ1) is 12.7. The fourth-order valence-corrected chi connectivity index (χ4v) is 2.06. The molecule has 1 aliphatic rings. The normalized spacial score (nSPS) is 18.0. The topological polar surface area (TPSA) is 52.6 Å². The van der Waals surface area contributed by atoms with Crippen LogP contribution in [0.5, 0.6) is 0 Å². The smallest absolute Gasteiger partial charge is 0.334 e. The number of hydrogen-bond acceptors (Lipinski definition) is 4. The van der Waals surface area contributed by atoms with Crippen LogP contribution >= 0.6 is 0 Å². The van der Waals surface area contributed by atoms with Gasteiger partial charge in [-0.05, 0) is 18.8 Å². The molecule has 1 aliphatic carbocycles. The lowest BCUT2D eigenvalue weighted by atomic mass is 9.83. The zero-order chi connectivity index (χ0) is 12.0. The minimum atomic E-state index is -0.494. The Morgan fingerprint density at radius 3 is 2.19 bits per heavy atom. The second kappa shape index (κ2) is 6.30. The zero-order valence-electron chi connectivity index (χ0n) is 9.82. The van der Waals surface area contributed by atoms with E-state index in [2.05, 4.69) is 4.74 Å². The molecule has 1 saturated carbocycles. The summed E-state index contributed by atoms with van der Waals surface area (Å²) in [6.07, 6.45) is 6.54. The van der Waals surface area contributed by atoms with E-state index in [1.807, 2.05) is 0 Å². The van der Waals surface area contributed by atoms with Crippen molar-refractivity contribution in [2.24, 2.45) is 5.92 Å². The Labute approximate surface area is 95.6 Å². The summed E-state index contributed by atoms with van der Waals surface area (Å²) in [5.41, 5.74) is 0.453. The molecule has 0 heterocycles. The quantitative estimate of drug-likeness (QED) is 0.544. The summed E-state index contributed by atoms with van der Waals surface area (Å²) in [5, 5.41) is 0. The molecule has 0 spiro atoms. The van der Waals surface area contributed by atoms with Crippen molar-refractivity contribution in [2.45, 2.75) is 32.1 Å². The molecule has 0 aliphatic heterocycles. The minimum absolute atomic E-state index is 0.139. The van der Waals surface area contributed by atoms with Gasteiger partial charge in [-0.2, -0.15) is 0 Å². The molecule has 0 saturated heterocycles. The highest BCUT2D eigenvalue weighted by Crippen LogP contribution is 2.30. The molecule has 4 nitrogen and oxygen atoms in total. The molecule has 0 amide bonds. The van der Waals surface area contributed by atoms with Crippen LogP contribution in [0.1, 0.15) is 32.1 Å². The van der Waals surface area contributed by atoms with Crippen molar-refractivity contribution in [2.75, 3.05) is 14.2 Å². The van der Waals surface area contributed by atoms with Gasteiger partial charge in [0.05, 0.1) is 14.2 Å². The molecule has 0 N–H and O–H groups in total. The standard InChI is InChI=1S/C12H18O4/c1-15-11(13)8-10(12(14)16-2)9-6-4-3-5-7-9/h8-9H,3-7H2,1-2H3. The Morgan fingerprint density at radius 1 is 1.06 bits per heavy atom. The van der Waals surface area contributed by atoms with Crippen LogP contribution < -0.4 is 0 Å². The first-order valence-corrected chi connectivity index (χ1v) is 5.57. The summed E-state index contributed by atoms with van der Waals surface area (Å²) >= 11 is 0. The Morgan fingerprint density at radius 2 is 1.69 bits per heavy atom. The van der Waals surface area contributed by atoms with Gasteiger partial charge in [0, 0.05) is 11.6 Å². The summed E-state index contributed by atoms with van der Waals surface area (Å²) in [5.74, 6) is -0.774. The third-order valence-corrected chi connectivity index (χ3v) is 2.94. The molecule has 0 aromatic heterocycles. The minimum Gasteiger partial charge on any atom is -0.466 e. The van der Waals surface area contributed by atoms with Crippen molar-refractivity contribution >= 4 is 11.9 Å². The molecule has 1 rings (SSSR count). The summed E-state index contributed by atoms with van der Waals surface area (Å²) in [6.45, 7) is 0. The van der Waals surface area contributed by atoms with Crippen molar-refractivity contribution in [1.82, 2.24) is 0 Å². The second-order valence-corrected chi connectivity index (χ2v) is 3.95. The monoisotopic (exact) mass is 226 g/mol. The van der Waals surface area contributed by atoms with Crippen molar-refractivity contribution < 1.29 is 19.1 Å². The third kappa shape index (κ3) is 3.36. The summed E-state index contributed by atoms with van der Waals surface area (Å²) < 4.78 is 9.24. The van der Waals surface area contributed by atoms with Gasteiger partial charge >= 0.3 is 11.9 Å². The van der Waals surface area contributed by atoms with Crippen LogP contribution in [0.2, 0.25) is 0 Å². The van der Waals surface area contributed by atoms with Crippen LogP contribution in [-0.2, 0) is 19.1 Å². The van der Waals surface area contributed by atoms with E-state index < -0.39 is 11.9 Å². The van der Waals surface area contributed by atoms with Gasteiger partial charge in [0.1, 0.15) is 0 Å². The van der Waals surface area contributed by atoms with Gasteiger partial charge in [0.25, 0.3) is 0 Å². The van der Waals surface area contributed by atoms with Crippen LogP contribution in [0.4, 0.5) is 0 Å². The van der Waals surface area contributed by atoms with Crippen LogP contribution in [0.3, 0.4) is 0 Å². The maximum absolute atomic E-state index is 11.6. The number of carbonyl (C=O) groups is 2. The molecular formula is C12H18O4. The van der Waals surface area contributed by atoms with E-state index in [1.165, 1.54) is 26.7 Å². The van der Waals surface area contributed by atoms with Crippen molar-refractivity contribution in [3.8, 4) is 0 Å². The van der Waals surface area contributed by atoms with Gasteiger partial charge in [-0.25, -0.2) is 9.59 Å². The number of methoxy groups -OCH3 is 2. The SMILES string of the molecule is COC(=O)C=C(C(=O)OC)C1CCCCC1. The Balaban J connectivity index is 2.81.